The fourth-order valence-corrected chi connectivity index (χ4v) is 2.83. The predicted octanol–water partition coefficient (Wildman–Crippen LogP) is -3.63. The molecule has 0 aromatic rings. The fraction of sp³-hybridized carbons (Fsp3) is 0.737. The Bertz CT molecular complexity index is 676. The Labute approximate surface area is 208 Å². The van der Waals surface area contributed by atoms with Crippen molar-refractivity contribution in [2.75, 3.05) is 93.3 Å². The molecule has 0 unspecified atom stereocenters. The van der Waals surface area contributed by atoms with Gasteiger partial charge in [-0.05, 0) is 0 Å². The van der Waals surface area contributed by atoms with Crippen molar-refractivity contribution in [1.82, 2.24) is 20.0 Å². The van der Waals surface area contributed by atoms with Gasteiger partial charge in [0.05, 0.1) is 34.4 Å². The highest BCUT2D eigenvalue weighted by atomic mass is 17.2. The van der Waals surface area contributed by atoms with Crippen molar-refractivity contribution < 1.29 is 58.4 Å². The van der Waals surface area contributed by atoms with Gasteiger partial charge in [0.1, 0.15) is 19.6 Å². The van der Waals surface area contributed by atoms with Crippen molar-refractivity contribution in [2.45, 2.75) is 0 Å². The summed E-state index contributed by atoms with van der Waals surface area (Å²) in [6, 6.07) is 0. The molecular formula is C19H35N5O12. The lowest BCUT2D eigenvalue weighted by Crippen LogP contribution is -2.47. The molecule has 0 spiro atoms. The van der Waals surface area contributed by atoms with Crippen molar-refractivity contribution in [3.05, 3.63) is 0 Å². The molecule has 208 valence electrons. The van der Waals surface area contributed by atoms with Crippen LogP contribution in [0.4, 0.5) is 0 Å². The Hall–Kier alpha value is -2.93. The Morgan fingerprint density at radius 1 is 0.667 bits per heavy atom. The number of carboxylic acid groups (broad SMARTS) is 1. The number of rotatable bonds is 21. The van der Waals surface area contributed by atoms with Crippen molar-refractivity contribution in [3.63, 3.8) is 0 Å². The molecule has 0 aliphatic rings. The van der Waals surface area contributed by atoms with Gasteiger partial charge in [-0.2, -0.15) is 14.7 Å². The number of aliphatic carboxylic acids is 1. The summed E-state index contributed by atoms with van der Waals surface area (Å²) in [6.07, 6.45) is 0. The van der Waals surface area contributed by atoms with Gasteiger partial charge < -0.3 is 16.2 Å². The highest BCUT2D eigenvalue weighted by Crippen LogP contribution is 1.99. The number of hydrogen-bond donors (Lipinski definition) is 3. The fourth-order valence-electron chi connectivity index (χ4n) is 2.83. The summed E-state index contributed by atoms with van der Waals surface area (Å²) in [5, 5.41) is 11.8. The third kappa shape index (κ3) is 17.5. The first-order valence-corrected chi connectivity index (χ1v) is 10.7. The zero-order valence-corrected chi connectivity index (χ0v) is 20.6. The predicted molar refractivity (Wildman–Crippen MR) is 118 cm³/mol. The summed E-state index contributed by atoms with van der Waals surface area (Å²) < 4.78 is 0. The Morgan fingerprint density at radius 2 is 1.06 bits per heavy atom. The average Bonchev–Trinajstić information content (AvgIpc) is 2.79. The van der Waals surface area contributed by atoms with E-state index in [1.54, 1.807) is 4.90 Å². The molecule has 0 atom stereocenters. The van der Waals surface area contributed by atoms with Crippen LogP contribution in [0.2, 0.25) is 0 Å². The molecule has 0 aliphatic heterocycles. The first-order valence-electron chi connectivity index (χ1n) is 10.7. The zero-order valence-electron chi connectivity index (χ0n) is 20.6. The van der Waals surface area contributed by atoms with Crippen LogP contribution >= 0.6 is 0 Å². The van der Waals surface area contributed by atoms with E-state index in [1.165, 1.54) is 9.80 Å². The van der Waals surface area contributed by atoms with Gasteiger partial charge in [-0.15, -0.1) is 0 Å². The minimum atomic E-state index is -1.17. The van der Waals surface area contributed by atoms with Gasteiger partial charge in [0.25, 0.3) is 0 Å². The molecule has 0 aromatic carbocycles. The lowest BCUT2D eigenvalue weighted by atomic mass is 10.3. The number of nitrogens with zero attached hydrogens (tertiary/aromatic N) is 3. The molecule has 0 saturated heterocycles. The molecule has 0 radical (unpaired) electrons. The van der Waals surface area contributed by atoms with Gasteiger partial charge in [-0.25, -0.2) is 14.4 Å². The largest absolute Gasteiger partial charge is 0.480 e. The number of carboxylic acids is 1. The van der Waals surface area contributed by atoms with Gasteiger partial charge in [-0.1, -0.05) is 0 Å². The smallest absolute Gasteiger partial charge is 0.356 e. The molecule has 0 saturated carbocycles. The summed E-state index contributed by atoms with van der Waals surface area (Å²) >= 11 is 0. The monoisotopic (exact) mass is 525 g/mol. The van der Waals surface area contributed by atoms with Gasteiger partial charge in [-0.3, -0.25) is 39.0 Å². The molecule has 0 heterocycles. The van der Waals surface area contributed by atoms with Crippen LogP contribution in [0.15, 0.2) is 0 Å². The number of carbonyl (C=O) groups is 5. The molecule has 17 nitrogen and oxygen atoms in total. The Morgan fingerprint density at radius 3 is 1.42 bits per heavy atom. The summed E-state index contributed by atoms with van der Waals surface area (Å²) in [6.45, 7) is -0.698. The first kappa shape index (κ1) is 33.1. The highest BCUT2D eigenvalue weighted by molar-refractivity contribution is 5.78. The molecule has 0 rings (SSSR count). The summed E-state index contributed by atoms with van der Waals surface area (Å²) in [7, 11) is 3.43. The van der Waals surface area contributed by atoms with E-state index < -0.39 is 30.4 Å². The van der Waals surface area contributed by atoms with Crippen LogP contribution in [0.25, 0.3) is 0 Å². The molecule has 0 bridgehead atoms. The maximum Gasteiger partial charge on any atom is 0.356 e. The van der Waals surface area contributed by atoms with E-state index in [9.17, 15) is 24.0 Å². The van der Waals surface area contributed by atoms with E-state index >= 15 is 0 Å². The zero-order chi connectivity index (χ0) is 27.3. The molecular weight excluding hydrogens is 490 g/mol. The van der Waals surface area contributed by atoms with Gasteiger partial charge in [0.2, 0.25) is 5.91 Å². The Kier molecular flexibility index (Phi) is 18.6. The molecule has 0 fully saturated rings. The second-order valence-corrected chi connectivity index (χ2v) is 7.10. The minimum Gasteiger partial charge on any atom is -0.480 e. The standard InChI is InChI=1S/C19H35N5O12/c1-31-34-17(28)12-23(11-16(26)27)8-6-22(10-15(25)21-5-4-20)7-9-24(13-18(29)35-32-2)14-19(30)36-33-3/h4-14,20H2,1-3H3,(H,21,25)(H,26,27). The van der Waals surface area contributed by atoms with Crippen LogP contribution in [-0.4, -0.2) is 143 Å². The second-order valence-electron chi connectivity index (χ2n) is 7.10. The topological polar surface area (TPSA) is 209 Å². The number of carbonyl (C=O) groups excluding carboxylic acids is 4. The summed E-state index contributed by atoms with van der Waals surface area (Å²) in [5.74, 6) is -3.89. The van der Waals surface area contributed by atoms with Crippen molar-refractivity contribution in [1.29, 1.82) is 0 Å². The van der Waals surface area contributed by atoms with Crippen molar-refractivity contribution >= 4 is 29.8 Å². The van der Waals surface area contributed by atoms with Gasteiger partial charge in [0, 0.05) is 39.3 Å². The second kappa shape index (κ2) is 20.3. The molecule has 4 N–H and O–H groups in total. The molecule has 17 heteroatoms. The SMILES string of the molecule is COOC(=O)CN(CCN(CCN(CC(=O)OOC)CC(=O)OOC)CC(=O)NCCN)CC(=O)O. The maximum absolute atomic E-state index is 12.3. The number of hydrogen-bond acceptors (Lipinski definition) is 15. The van der Waals surface area contributed by atoms with Crippen LogP contribution < -0.4 is 11.1 Å². The van der Waals surface area contributed by atoms with Crippen LogP contribution in [0, 0.1) is 0 Å². The highest BCUT2D eigenvalue weighted by Gasteiger charge is 2.21. The summed E-state index contributed by atoms with van der Waals surface area (Å²) in [5.41, 5.74) is 5.40. The van der Waals surface area contributed by atoms with Crippen LogP contribution in [-0.2, 0) is 53.3 Å². The quantitative estimate of drug-likeness (QED) is 0.0975. The molecule has 36 heavy (non-hydrogen) atoms. The summed E-state index contributed by atoms with van der Waals surface area (Å²) in [4.78, 5) is 89.3. The number of amides is 1. The van der Waals surface area contributed by atoms with Crippen LogP contribution in [0.3, 0.4) is 0 Å². The maximum atomic E-state index is 12.3. The van der Waals surface area contributed by atoms with E-state index in [-0.39, 0.29) is 71.4 Å². The first-order chi connectivity index (χ1) is 17.1. The molecule has 0 aliphatic carbocycles. The number of nitrogens with two attached hydrogens (primary N) is 1. The van der Waals surface area contributed by atoms with E-state index in [1.807, 2.05) is 0 Å². The normalized spacial score (nSPS) is 11.0. The van der Waals surface area contributed by atoms with Crippen molar-refractivity contribution in [3.8, 4) is 0 Å². The molecule has 0 aromatic heterocycles. The van der Waals surface area contributed by atoms with Gasteiger partial charge >= 0.3 is 23.9 Å². The third-order valence-electron chi connectivity index (χ3n) is 4.24. The lowest BCUT2D eigenvalue weighted by molar-refractivity contribution is -0.259. The van der Waals surface area contributed by atoms with Gasteiger partial charge in [0.15, 0.2) is 0 Å². The van der Waals surface area contributed by atoms with E-state index in [2.05, 4.69) is 34.6 Å². The molecule has 1 amide bonds. The third-order valence-corrected chi connectivity index (χ3v) is 4.24. The van der Waals surface area contributed by atoms with Crippen LogP contribution in [0.5, 0.6) is 0 Å². The van der Waals surface area contributed by atoms with E-state index in [0.717, 1.165) is 21.3 Å². The number of nitrogens with one attached hydrogen (secondary N) is 1. The van der Waals surface area contributed by atoms with E-state index in [4.69, 9.17) is 10.8 Å². The van der Waals surface area contributed by atoms with E-state index in [0.29, 0.717) is 0 Å². The van der Waals surface area contributed by atoms with Crippen LogP contribution in [0.1, 0.15) is 0 Å². The Balaban J connectivity index is 5.35. The minimum absolute atomic E-state index is 0.0622. The lowest BCUT2D eigenvalue weighted by Gasteiger charge is -2.28. The average molecular weight is 526 g/mol. The van der Waals surface area contributed by atoms with Crippen molar-refractivity contribution in [2.24, 2.45) is 5.73 Å².